The lowest BCUT2D eigenvalue weighted by molar-refractivity contribution is -0.162. The average molecular weight is 248 g/mol. The van der Waals surface area contributed by atoms with E-state index >= 15 is 0 Å². The molecule has 0 aromatic heterocycles. The Kier molecular flexibility index (Phi) is 9.23. The summed E-state index contributed by atoms with van der Waals surface area (Å²) in [6, 6.07) is 10.0. The Bertz CT molecular complexity index is 357. The van der Waals surface area contributed by atoms with Crippen molar-refractivity contribution in [2.45, 2.75) is 26.1 Å². The predicted molar refractivity (Wildman–Crippen MR) is 73.7 cm³/mol. The van der Waals surface area contributed by atoms with E-state index in [2.05, 4.69) is 17.9 Å². The summed E-state index contributed by atoms with van der Waals surface area (Å²) in [5.41, 5.74) is 1.17. The molecule has 18 heavy (non-hydrogen) atoms. The van der Waals surface area contributed by atoms with Gasteiger partial charge in [-0.05, 0) is 5.56 Å². The summed E-state index contributed by atoms with van der Waals surface area (Å²) >= 11 is 0. The fraction of sp³-hybridized carbons (Fsp3) is 0.267. The van der Waals surface area contributed by atoms with E-state index in [1.54, 1.807) is 0 Å². The number of carbonyl (C=O) groups excluding carboxylic acids is 1. The fourth-order valence-electron chi connectivity index (χ4n) is 1.08. The first-order valence-electron chi connectivity index (χ1n) is 5.82. The first kappa shape index (κ1) is 16.1. The number of rotatable bonds is 5. The second kappa shape index (κ2) is 10.3. The molecule has 1 N–H and O–H groups in total. The molecule has 1 aromatic rings. The minimum Gasteiger partial charge on any atom is -0.433 e. The fourth-order valence-corrected chi connectivity index (χ4v) is 1.08. The minimum atomic E-state index is -0.976. The number of esters is 1. The van der Waals surface area contributed by atoms with Gasteiger partial charge in [-0.2, -0.15) is 0 Å². The Morgan fingerprint density at radius 2 is 2.00 bits per heavy atom. The molecule has 98 valence electrons. The molecule has 0 radical (unpaired) electrons. The van der Waals surface area contributed by atoms with Gasteiger partial charge in [0.05, 0.1) is 0 Å². The summed E-state index contributed by atoms with van der Waals surface area (Å²) in [7, 11) is 0. The zero-order valence-corrected chi connectivity index (χ0v) is 10.7. The van der Waals surface area contributed by atoms with Crippen LogP contribution in [0.4, 0.5) is 0 Å². The average Bonchev–Trinajstić information content (AvgIpc) is 2.40. The van der Waals surface area contributed by atoms with Crippen LogP contribution < -0.4 is 0 Å². The highest BCUT2D eigenvalue weighted by Gasteiger charge is 2.05. The van der Waals surface area contributed by atoms with Crippen LogP contribution in [0.5, 0.6) is 0 Å². The summed E-state index contributed by atoms with van der Waals surface area (Å²) in [5.74, 6) is -0.582. The van der Waals surface area contributed by atoms with Gasteiger partial charge in [-0.3, -0.25) is 0 Å². The molecule has 1 rings (SSSR count). The van der Waals surface area contributed by atoms with Gasteiger partial charge in [0.25, 0.3) is 0 Å². The van der Waals surface area contributed by atoms with Gasteiger partial charge in [-0.1, -0.05) is 62.9 Å². The number of carbonyl (C=O) groups is 1. The van der Waals surface area contributed by atoms with Gasteiger partial charge in [0.2, 0.25) is 6.29 Å². The normalized spacial score (nSPS) is 10.6. The van der Waals surface area contributed by atoms with Crippen molar-refractivity contribution in [3.8, 4) is 0 Å². The Labute approximate surface area is 108 Å². The van der Waals surface area contributed by atoms with Gasteiger partial charge in [-0.25, -0.2) is 4.79 Å². The Balaban J connectivity index is 0.000000327. The van der Waals surface area contributed by atoms with E-state index < -0.39 is 12.3 Å². The lowest BCUT2D eigenvalue weighted by Crippen LogP contribution is -2.15. The third-order valence-corrected chi connectivity index (χ3v) is 1.99. The smallest absolute Gasteiger partial charge is 0.332 e. The van der Waals surface area contributed by atoms with E-state index in [0.29, 0.717) is 6.42 Å². The number of hydrogen-bond acceptors (Lipinski definition) is 3. The molecule has 0 aliphatic carbocycles. The van der Waals surface area contributed by atoms with Gasteiger partial charge >= 0.3 is 5.97 Å². The molecule has 0 bridgehead atoms. The van der Waals surface area contributed by atoms with Gasteiger partial charge in [-0.15, -0.1) is 0 Å². The highest BCUT2D eigenvalue weighted by molar-refractivity contribution is 5.81. The second-order valence-electron chi connectivity index (χ2n) is 3.50. The van der Waals surface area contributed by atoms with Gasteiger partial charge in [0.15, 0.2) is 0 Å². The van der Waals surface area contributed by atoms with Crippen LogP contribution >= 0.6 is 0 Å². The van der Waals surface area contributed by atoms with Crippen molar-refractivity contribution in [1.82, 2.24) is 0 Å². The molecule has 3 nitrogen and oxygen atoms in total. The first-order chi connectivity index (χ1) is 8.63. The molecular weight excluding hydrogens is 228 g/mol. The summed E-state index contributed by atoms with van der Waals surface area (Å²) < 4.78 is 4.44. The van der Waals surface area contributed by atoms with Crippen molar-refractivity contribution in [3.05, 3.63) is 55.1 Å². The van der Waals surface area contributed by atoms with Crippen LogP contribution in [0.3, 0.4) is 0 Å². The lowest BCUT2D eigenvalue weighted by Gasteiger charge is -2.07. The Morgan fingerprint density at radius 1 is 1.39 bits per heavy atom. The van der Waals surface area contributed by atoms with Crippen LogP contribution in [0.2, 0.25) is 0 Å². The number of benzene rings is 1. The standard InChI is InChI=1S/C8H8.C7H12O3/c1-2-8-6-4-3-5-7-8;1-3-5-7(9)10-6(8)4-2/h2-7H,1H2;4,7,9H,2-3,5H2,1H3. The highest BCUT2D eigenvalue weighted by Crippen LogP contribution is 1.98. The molecule has 1 atom stereocenters. The third kappa shape index (κ3) is 8.30. The summed E-state index contributed by atoms with van der Waals surface area (Å²) in [5, 5.41) is 8.86. The highest BCUT2D eigenvalue weighted by atomic mass is 16.6. The molecule has 0 saturated heterocycles. The molecule has 0 amide bonds. The minimum absolute atomic E-state index is 0.472. The molecule has 1 aromatic carbocycles. The van der Waals surface area contributed by atoms with Crippen LogP contribution in [-0.2, 0) is 9.53 Å². The van der Waals surface area contributed by atoms with E-state index in [-0.39, 0.29) is 0 Å². The van der Waals surface area contributed by atoms with E-state index in [0.717, 1.165) is 12.5 Å². The molecule has 0 saturated carbocycles. The SMILES string of the molecule is C=CC(=O)OC(O)CCC.C=Cc1ccccc1. The molecule has 0 spiro atoms. The molecule has 0 heterocycles. The first-order valence-corrected chi connectivity index (χ1v) is 5.82. The van der Waals surface area contributed by atoms with Crippen molar-refractivity contribution in [3.63, 3.8) is 0 Å². The zero-order valence-electron chi connectivity index (χ0n) is 10.7. The van der Waals surface area contributed by atoms with Crippen LogP contribution in [0.15, 0.2) is 49.6 Å². The number of hydrogen-bond donors (Lipinski definition) is 1. The second-order valence-corrected chi connectivity index (χ2v) is 3.50. The van der Waals surface area contributed by atoms with Crippen molar-refractivity contribution >= 4 is 12.0 Å². The van der Waals surface area contributed by atoms with Crippen LogP contribution in [0.1, 0.15) is 25.3 Å². The van der Waals surface area contributed by atoms with Gasteiger partial charge in [0.1, 0.15) is 0 Å². The van der Waals surface area contributed by atoms with Gasteiger partial charge in [0, 0.05) is 12.5 Å². The van der Waals surface area contributed by atoms with Crippen molar-refractivity contribution in [2.75, 3.05) is 0 Å². The van der Waals surface area contributed by atoms with E-state index in [1.807, 2.05) is 43.3 Å². The van der Waals surface area contributed by atoms with E-state index in [4.69, 9.17) is 5.11 Å². The summed E-state index contributed by atoms with van der Waals surface area (Å²) in [6.45, 7) is 8.71. The monoisotopic (exact) mass is 248 g/mol. The molecule has 1 unspecified atom stereocenters. The number of aliphatic hydroxyl groups excluding tert-OH is 1. The lowest BCUT2D eigenvalue weighted by atomic mass is 10.2. The third-order valence-electron chi connectivity index (χ3n) is 1.99. The van der Waals surface area contributed by atoms with Gasteiger partial charge < -0.3 is 9.84 Å². The molecule has 3 heteroatoms. The Morgan fingerprint density at radius 3 is 2.39 bits per heavy atom. The maximum atomic E-state index is 10.4. The zero-order chi connectivity index (χ0) is 13.8. The van der Waals surface area contributed by atoms with Crippen molar-refractivity contribution < 1.29 is 14.6 Å². The molecule has 0 aliphatic heterocycles. The molecule has 0 aliphatic rings. The van der Waals surface area contributed by atoms with Crippen LogP contribution in [0, 0.1) is 0 Å². The number of aliphatic hydroxyl groups is 1. The number of ether oxygens (including phenoxy) is 1. The molecular formula is C15H20O3. The van der Waals surface area contributed by atoms with E-state index in [9.17, 15) is 4.79 Å². The van der Waals surface area contributed by atoms with Crippen molar-refractivity contribution in [2.24, 2.45) is 0 Å². The van der Waals surface area contributed by atoms with Crippen LogP contribution in [0.25, 0.3) is 6.08 Å². The largest absolute Gasteiger partial charge is 0.433 e. The summed E-state index contributed by atoms with van der Waals surface area (Å²) in [6.07, 6.45) is 3.14. The van der Waals surface area contributed by atoms with Crippen molar-refractivity contribution in [1.29, 1.82) is 0 Å². The Hall–Kier alpha value is -1.87. The summed E-state index contributed by atoms with van der Waals surface area (Å²) in [4.78, 5) is 10.4. The molecule has 0 fully saturated rings. The predicted octanol–water partition coefficient (Wildman–Crippen LogP) is 3.16. The van der Waals surface area contributed by atoms with E-state index in [1.165, 1.54) is 5.56 Å². The van der Waals surface area contributed by atoms with Crippen LogP contribution in [-0.4, -0.2) is 17.4 Å². The maximum Gasteiger partial charge on any atom is 0.332 e. The maximum absolute atomic E-state index is 10.4. The topological polar surface area (TPSA) is 46.5 Å². The quantitative estimate of drug-likeness (QED) is 0.494.